The molecule has 0 spiro atoms. The van der Waals surface area contributed by atoms with Gasteiger partial charge in [0, 0.05) is 11.6 Å². The van der Waals surface area contributed by atoms with Gasteiger partial charge in [0.2, 0.25) is 0 Å². The molecule has 0 aliphatic carbocycles. The number of benzene rings is 1. The highest BCUT2D eigenvalue weighted by atomic mass is 35.5. The summed E-state index contributed by atoms with van der Waals surface area (Å²) in [4.78, 5) is 0. The molecule has 0 radical (unpaired) electrons. The quantitative estimate of drug-likeness (QED) is 0.649. The van der Waals surface area contributed by atoms with E-state index in [2.05, 4.69) is 16.9 Å². The van der Waals surface area contributed by atoms with Crippen LogP contribution in [0.25, 0.3) is 0 Å². The minimum atomic E-state index is -0.396. The molecule has 0 aliphatic rings. The third-order valence-corrected chi connectivity index (χ3v) is 3.88. The van der Waals surface area contributed by atoms with Gasteiger partial charge in [0.25, 0.3) is 0 Å². The third-order valence-electron chi connectivity index (χ3n) is 2.86. The zero-order valence-corrected chi connectivity index (χ0v) is 11.3. The van der Waals surface area contributed by atoms with Crippen molar-refractivity contribution in [3.8, 4) is 0 Å². The van der Waals surface area contributed by atoms with E-state index < -0.39 is 5.82 Å². The molecule has 5 heteroatoms. The Kier molecular flexibility index (Phi) is 4.72. The molecule has 0 saturated heterocycles. The first kappa shape index (κ1) is 13.5. The van der Waals surface area contributed by atoms with Crippen molar-refractivity contribution in [1.82, 2.24) is 5.43 Å². The predicted molar refractivity (Wildman–Crippen MR) is 74.1 cm³/mol. The van der Waals surface area contributed by atoms with E-state index in [1.54, 1.807) is 23.5 Å². The monoisotopic (exact) mass is 284 g/mol. The van der Waals surface area contributed by atoms with Crippen LogP contribution in [0.3, 0.4) is 0 Å². The SMILES string of the molecule is NNC(CCc1ccsc1)c1cccc(Cl)c1F. The highest BCUT2D eigenvalue weighted by Crippen LogP contribution is 2.26. The molecular weight excluding hydrogens is 271 g/mol. The van der Waals surface area contributed by atoms with E-state index in [0.29, 0.717) is 5.56 Å². The number of hydrazine groups is 1. The van der Waals surface area contributed by atoms with Crippen molar-refractivity contribution in [3.05, 3.63) is 57.0 Å². The molecular formula is C13H14ClFN2S. The maximum Gasteiger partial charge on any atom is 0.146 e. The van der Waals surface area contributed by atoms with E-state index in [9.17, 15) is 4.39 Å². The summed E-state index contributed by atoms with van der Waals surface area (Å²) in [5.41, 5.74) is 4.41. The number of thiophene rings is 1. The van der Waals surface area contributed by atoms with Gasteiger partial charge in [-0.2, -0.15) is 11.3 Å². The van der Waals surface area contributed by atoms with Gasteiger partial charge in [0.15, 0.2) is 0 Å². The van der Waals surface area contributed by atoms with Crippen molar-refractivity contribution < 1.29 is 4.39 Å². The van der Waals surface area contributed by atoms with Gasteiger partial charge in [-0.25, -0.2) is 4.39 Å². The van der Waals surface area contributed by atoms with Crippen molar-refractivity contribution in [3.63, 3.8) is 0 Å². The number of aryl methyl sites for hydroxylation is 1. The van der Waals surface area contributed by atoms with Gasteiger partial charge < -0.3 is 0 Å². The van der Waals surface area contributed by atoms with Gasteiger partial charge in [0.1, 0.15) is 5.82 Å². The Balaban J connectivity index is 2.10. The molecule has 0 fully saturated rings. The van der Waals surface area contributed by atoms with Gasteiger partial charge in [-0.1, -0.05) is 23.7 Å². The number of nitrogens with two attached hydrogens (primary N) is 1. The van der Waals surface area contributed by atoms with Crippen LogP contribution in [0.1, 0.15) is 23.6 Å². The molecule has 1 heterocycles. The predicted octanol–water partition coefficient (Wildman–Crippen LogP) is 3.68. The lowest BCUT2D eigenvalue weighted by Gasteiger charge is -2.17. The molecule has 18 heavy (non-hydrogen) atoms. The summed E-state index contributed by atoms with van der Waals surface area (Å²) in [5, 5.41) is 4.24. The molecule has 0 saturated carbocycles. The molecule has 1 aromatic heterocycles. The van der Waals surface area contributed by atoms with Gasteiger partial charge in [-0.05, 0) is 41.3 Å². The molecule has 0 aliphatic heterocycles. The van der Waals surface area contributed by atoms with Crippen molar-refractivity contribution in [2.24, 2.45) is 5.84 Å². The largest absolute Gasteiger partial charge is 0.271 e. The zero-order valence-electron chi connectivity index (χ0n) is 9.70. The Bertz CT molecular complexity index is 502. The Morgan fingerprint density at radius 2 is 2.22 bits per heavy atom. The van der Waals surface area contributed by atoms with E-state index in [1.807, 2.05) is 5.38 Å². The van der Waals surface area contributed by atoms with E-state index in [-0.39, 0.29) is 11.1 Å². The van der Waals surface area contributed by atoms with Gasteiger partial charge in [-0.15, -0.1) is 0 Å². The molecule has 3 N–H and O–H groups in total. The standard InChI is InChI=1S/C13H14ClFN2S/c14-11-3-1-2-10(13(11)15)12(17-16)5-4-9-6-7-18-8-9/h1-3,6-8,12,17H,4-5,16H2. The van der Waals surface area contributed by atoms with Gasteiger partial charge >= 0.3 is 0 Å². The lowest BCUT2D eigenvalue weighted by Crippen LogP contribution is -2.29. The first-order chi connectivity index (χ1) is 8.72. The van der Waals surface area contributed by atoms with Crippen LogP contribution < -0.4 is 11.3 Å². The number of halogens is 2. The van der Waals surface area contributed by atoms with E-state index in [1.165, 1.54) is 11.6 Å². The van der Waals surface area contributed by atoms with Crippen molar-refractivity contribution in [1.29, 1.82) is 0 Å². The summed E-state index contributed by atoms with van der Waals surface area (Å²) >= 11 is 7.43. The maximum absolute atomic E-state index is 13.9. The zero-order chi connectivity index (χ0) is 13.0. The normalized spacial score (nSPS) is 12.6. The highest BCUT2D eigenvalue weighted by Gasteiger charge is 2.16. The molecule has 1 unspecified atom stereocenters. The molecule has 1 atom stereocenters. The topological polar surface area (TPSA) is 38.0 Å². The number of hydrogen-bond acceptors (Lipinski definition) is 3. The number of rotatable bonds is 5. The van der Waals surface area contributed by atoms with Crippen LogP contribution in [0.2, 0.25) is 5.02 Å². The van der Waals surface area contributed by atoms with Gasteiger partial charge in [0.05, 0.1) is 5.02 Å². The summed E-state index contributed by atoms with van der Waals surface area (Å²) in [7, 11) is 0. The number of hydrogen-bond donors (Lipinski definition) is 2. The second kappa shape index (κ2) is 6.29. The fourth-order valence-electron chi connectivity index (χ4n) is 1.86. The second-order valence-electron chi connectivity index (χ2n) is 4.03. The first-order valence-corrected chi connectivity index (χ1v) is 6.95. The minimum absolute atomic E-state index is 0.128. The Labute approximate surface area is 115 Å². The second-order valence-corrected chi connectivity index (χ2v) is 5.22. The van der Waals surface area contributed by atoms with Crippen LogP contribution in [0.5, 0.6) is 0 Å². The summed E-state index contributed by atoms with van der Waals surface area (Å²) in [6.45, 7) is 0. The van der Waals surface area contributed by atoms with Crippen LogP contribution in [0.4, 0.5) is 4.39 Å². The van der Waals surface area contributed by atoms with Crippen LogP contribution in [0.15, 0.2) is 35.0 Å². The third kappa shape index (κ3) is 3.09. The average Bonchev–Trinajstić information content (AvgIpc) is 2.88. The van der Waals surface area contributed by atoms with E-state index in [0.717, 1.165) is 12.8 Å². The van der Waals surface area contributed by atoms with Gasteiger partial charge in [-0.3, -0.25) is 11.3 Å². The van der Waals surface area contributed by atoms with Crippen molar-refractivity contribution in [2.45, 2.75) is 18.9 Å². The minimum Gasteiger partial charge on any atom is -0.271 e. The highest BCUT2D eigenvalue weighted by molar-refractivity contribution is 7.07. The Morgan fingerprint density at radius 3 is 2.89 bits per heavy atom. The fourth-order valence-corrected chi connectivity index (χ4v) is 2.75. The molecule has 2 aromatic rings. The maximum atomic E-state index is 13.9. The van der Waals surface area contributed by atoms with Crippen LogP contribution in [0, 0.1) is 5.82 Å². The summed E-state index contributed by atoms with van der Waals surface area (Å²) in [6.07, 6.45) is 1.58. The molecule has 1 aromatic carbocycles. The lowest BCUT2D eigenvalue weighted by atomic mass is 10.00. The van der Waals surface area contributed by atoms with E-state index >= 15 is 0 Å². The molecule has 2 nitrogen and oxygen atoms in total. The Hall–Kier alpha value is -0.940. The smallest absolute Gasteiger partial charge is 0.146 e. The summed E-state index contributed by atoms with van der Waals surface area (Å²) in [5.74, 6) is 5.11. The average molecular weight is 285 g/mol. The first-order valence-electron chi connectivity index (χ1n) is 5.63. The molecule has 0 bridgehead atoms. The Morgan fingerprint density at radius 1 is 1.39 bits per heavy atom. The lowest BCUT2D eigenvalue weighted by molar-refractivity contribution is 0.486. The van der Waals surface area contributed by atoms with Crippen LogP contribution >= 0.6 is 22.9 Å². The van der Waals surface area contributed by atoms with Crippen molar-refractivity contribution >= 4 is 22.9 Å². The van der Waals surface area contributed by atoms with E-state index in [4.69, 9.17) is 17.4 Å². The molecule has 96 valence electrons. The number of nitrogens with one attached hydrogen (secondary N) is 1. The van der Waals surface area contributed by atoms with Crippen molar-refractivity contribution in [2.75, 3.05) is 0 Å². The fraction of sp³-hybridized carbons (Fsp3) is 0.231. The summed E-state index contributed by atoms with van der Waals surface area (Å²) in [6, 6.07) is 6.80. The van der Waals surface area contributed by atoms with Crippen LogP contribution in [-0.4, -0.2) is 0 Å². The summed E-state index contributed by atoms with van der Waals surface area (Å²) < 4.78 is 13.9. The van der Waals surface area contributed by atoms with Crippen LogP contribution in [-0.2, 0) is 6.42 Å². The molecule has 0 amide bonds. The molecule has 2 rings (SSSR count).